The first kappa shape index (κ1) is 11.0. The van der Waals surface area contributed by atoms with E-state index in [2.05, 4.69) is 20.8 Å². The number of hydrogen-bond donors (Lipinski definition) is 1. The highest BCUT2D eigenvalue weighted by Crippen LogP contribution is 2.33. The summed E-state index contributed by atoms with van der Waals surface area (Å²) in [5, 5.41) is 1.99. The van der Waals surface area contributed by atoms with Gasteiger partial charge in [-0.15, -0.1) is 11.3 Å². The molecule has 0 bridgehead atoms. The summed E-state index contributed by atoms with van der Waals surface area (Å²) in [4.78, 5) is 0. The molecule has 0 saturated carbocycles. The summed E-state index contributed by atoms with van der Waals surface area (Å²) in [7, 11) is 0. The van der Waals surface area contributed by atoms with Crippen LogP contribution in [0.4, 0.5) is 0 Å². The number of halogens is 1. The van der Waals surface area contributed by atoms with E-state index in [1.54, 1.807) is 11.3 Å². The molecule has 1 heterocycles. The summed E-state index contributed by atoms with van der Waals surface area (Å²) < 4.78 is 0.830. The van der Waals surface area contributed by atoms with E-state index >= 15 is 0 Å². The molecular formula is C10H16ClNS. The third kappa shape index (κ3) is 3.29. The normalized spacial score (nSPS) is 14.5. The third-order valence-electron chi connectivity index (χ3n) is 1.88. The molecule has 0 aliphatic rings. The van der Waals surface area contributed by atoms with Crippen LogP contribution in [-0.4, -0.2) is 0 Å². The van der Waals surface area contributed by atoms with Crippen molar-refractivity contribution in [2.45, 2.75) is 33.2 Å². The van der Waals surface area contributed by atoms with Crippen molar-refractivity contribution in [1.82, 2.24) is 0 Å². The smallest absolute Gasteiger partial charge is 0.0976 e. The lowest BCUT2D eigenvalue weighted by molar-refractivity contribution is 0.343. The van der Waals surface area contributed by atoms with Crippen LogP contribution in [0.15, 0.2) is 11.4 Å². The minimum atomic E-state index is 0.0683. The van der Waals surface area contributed by atoms with Gasteiger partial charge in [0.15, 0.2) is 0 Å². The lowest BCUT2D eigenvalue weighted by atomic mass is 9.86. The van der Waals surface area contributed by atoms with Crippen LogP contribution in [-0.2, 0) is 0 Å². The largest absolute Gasteiger partial charge is 0.324 e. The van der Waals surface area contributed by atoms with Crippen molar-refractivity contribution >= 4 is 22.9 Å². The summed E-state index contributed by atoms with van der Waals surface area (Å²) in [5.41, 5.74) is 7.39. The lowest BCUT2D eigenvalue weighted by Gasteiger charge is -2.22. The van der Waals surface area contributed by atoms with Gasteiger partial charge in [0.05, 0.1) is 4.34 Å². The van der Waals surface area contributed by atoms with Crippen molar-refractivity contribution < 1.29 is 0 Å². The van der Waals surface area contributed by atoms with Gasteiger partial charge in [-0.1, -0.05) is 32.4 Å². The molecule has 0 spiro atoms. The minimum Gasteiger partial charge on any atom is -0.324 e. The maximum atomic E-state index is 6.05. The van der Waals surface area contributed by atoms with Crippen LogP contribution in [0.1, 0.15) is 38.8 Å². The van der Waals surface area contributed by atoms with Crippen LogP contribution in [0.2, 0.25) is 4.34 Å². The molecule has 1 unspecified atom stereocenters. The monoisotopic (exact) mass is 217 g/mol. The summed E-state index contributed by atoms with van der Waals surface area (Å²) in [6.07, 6.45) is 0.962. The van der Waals surface area contributed by atoms with Gasteiger partial charge in [0, 0.05) is 6.04 Å². The Kier molecular flexibility index (Phi) is 3.38. The molecule has 1 rings (SSSR count). The molecule has 2 N–H and O–H groups in total. The maximum Gasteiger partial charge on any atom is 0.0976 e. The van der Waals surface area contributed by atoms with Gasteiger partial charge in [0.2, 0.25) is 0 Å². The predicted molar refractivity (Wildman–Crippen MR) is 60.3 cm³/mol. The molecule has 0 saturated heterocycles. The first-order chi connectivity index (χ1) is 5.90. The average molecular weight is 218 g/mol. The Morgan fingerprint density at radius 3 is 2.54 bits per heavy atom. The second-order valence-electron chi connectivity index (χ2n) is 4.52. The fourth-order valence-electron chi connectivity index (χ4n) is 1.34. The van der Waals surface area contributed by atoms with Gasteiger partial charge in [-0.05, 0) is 28.8 Å². The Morgan fingerprint density at radius 1 is 1.54 bits per heavy atom. The third-order valence-corrected chi connectivity index (χ3v) is 3.08. The molecule has 0 aliphatic heterocycles. The van der Waals surface area contributed by atoms with E-state index in [0.29, 0.717) is 0 Å². The number of nitrogens with two attached hydrogens (primary N) is 1. The Hall–Kier alpha value is -0.0500. The molecule has 1 atom stereocenters. The lowest BCUT2D eigenvalue weighted by Crippen LogP contribution is -2.18. The van der Waals surface area contributed by atoms with Crippen LogP contribution >= 0.6 is 22.9 Å². The zero-order valence-electron chi connectivity index (χ0n) is 8.30. The van der Waals surface area contributed by atoms with Crippen LogP contribution in [0.3, 0.4) is 0 Å². The maximum absolute atomic E-state index is 6.05. The van der Waals surface area contributed by atoms with Crippen molar-refractivity contribution in [2.75, 3.05) is 0 Å². The Morgan fingerprint density at radius 2 is 2.15 bits per heavy atom. The zero-order chi connectivity index (χ0) is 10.1. The van der Waals surface area contributed by atoms with E-state index in [4.69, 9.17) is 17.3 Å². The molecule has 1 aromatic heterocycles. The first-order valence-corrected chi connectivity index (χ1v) is 5.64. The molecule has 0 amide bonds. The fourth-order valence-corrected chi connectivity index (χ4v) is 2.39. The van der Waals surface area contributed by atoms with Crippen LogP contribution < -0.4 is 5.73 Å². The van der Waals surface area contributed by atoms with Gasteiger partial charge in [-0.25, -0.2) is 0 Å². The van der Waals surface area contributed by atoms with Crippen LogP contribution in [0.25, 0.3) is 0 Å². The van der Waals surface area contributed by atoms with Gasteiger partial charge in [-0.2, -0.15) is 0 Å². The Bertz CT molecular complexity index is 275. The van der Waals surface area contributed by atoms with Gasteiger partial charge >= 0.3 is 0 Å². The molecule has 13 heavy (non-hydrogen) atoms. The van der Waals surface area contributed by atoms with Crippen molar-refractivity contribution in [3.8, 4) is 0 Å². The number of hydrogen-bond acceptors (Lipinski definition) is 2. The van der Waals surface area contributed by atoms with E-state index < -0.39 is 0 Å². The molecule has 0 aliphatic carbocycles. The number of rotatable bonds is 2. The molecule has 74 valence electrons. The van der Waals surface area contributed by atoms with Gasteiger partial charge in [0.1, 0.15) is 0 Å². The summed E-state index contributed by atoms with van der Waals surface area (Å²) >= 11 is 7.55. The van der Waals surface area contributed by atoms with Gasteiger partial charge < -0.3 is 5.73 Å². The predicted octanol–water partition coefficient (Wildman–Crippen LogP) is 3.84. The van der Waals surface area contributed by atoms with Crippen LogP contribution in [0.5, 0.6) is 0 Å². The second-order valence-corrected chi connectivity index (χ2v) is 6.04. The van der Waals surface area contributed by atoms with Crippen LogP contribution in [0, 0.1) is 5.41 Å². The standard InChI is InChI=1S/C10H16ClNS/c1-10(2,3)6-8(12)7-4-5-13-9(7)11/h4-5,8H,6,12H2,1-3H3. The van der Waals surface area contributed by atoms with E-state index in [1.807, 2.05) is 11.4 Å². The highest BCUT2D eigenvalue weighted by Gasteiger charge is 2.19. The van der Waals surface area contributed by atoms with E-state index in [-0.39, 0.29) is 11.5 Å². The summed E-state index contributed by atoms with van der Waals surface area (Å²) in [6.45, 7) is 6.56. The Labute approximate surface area is 88.9 Å². The highest BCUT2D eigenvalue weighted by molar-refractivity contribution is 7.14. The highest BCUT2D eigenvalue weighted by atomic mass is 35.5. The molecule has 3 heteroatoms. The van der Waals surface area contributed by atoms with Crippen molar-refractivity contribution in [3.63, 3.8) is 0 Å². The molecule has 1 nitrogen and oxygen atoms in total. The van der Waals surface area contributed by atoms with E-state index in [0.717, 1.165) is 16.3 Å². The summed E-state index contributed by atoms with van der Waals surface area (Å²) in [6, 6.07) is 2.09. The minimum absolute atomic E-state index is 0.0683. The molecule has 1 aromatic rings. The van der Waals surface area contributed by atoms with Gasteiger partial charge in [0.25, 0.3) is 0 Å². The fraction of sp³-hybridized carbons (Fsp3) is 0.600. The quantitative estimate of drug-likeness (QED) is 0.801. The van der Waals surface area contributed by atoms with E-state index in [1.165, 1.54) is 0 Å². The number of thiophene rings is 1. The SMILES string of the molecule is CC(C)(C)CC(N)c1ccsc1Cl. The average Bonchev–Trinajstić information content (AvgIpc) is 2.30. The van der Waals surface area contributed by atoms with Crippen molar-refractivity contribution in [1.29, 1.82) is 0 Å². The molecule has 0 radical (unpaired) electrons. The molecule has 0 fully saturated rings. The van der Waals surface area contributed by atoms with Gasteiger partial charge in [-0.3, -0.25) is 0 Å². The van der Waals surface area contributed by atoms with E-state index in [9.17, 15) is 0 Å². The molecular weight excluding hydrogens is 202 g/mol. The Balaban J connectivity index is 2.69. The topological polar surface area (TPSA) is 26.0 Å². The second kappa shape index (κ2) is 3.99. The molecule has 0 aromatic carbocycles. The van der Waals surface area contributed by atoms with Crippen molar-refractivity contribution in [3.05, 3.63) is 21.3 Å². The first-order valence-electron chi connectivity index (χ1n) is 4.38. The zero-order valence-corrected chi connectivity index (χ0v) is 9.88. The summed E-state index contributed by atoms with van der Waals surface area (Å²) in [5.74, 6) is 0. The van der Waals surface area contributed by atoms with Crippen molar-refractivity contribution in [2.24, 2.45) is 11.1 Å².